The predicted molar refractivity (Wildman–Crippen MR) is 54.5 cm³/mol. The van der Waals surface area contributed by atoms with E-state index in [2.05, 4.69) is 15.9 Å². The number of halogens is 2. The molecule has 0 amide bonds. The van der Waals surface area contributed by atoms with E-state index in [0.29, 0.717) is 0 Å². The molecule has 0 radical (unpaired) electrons. The largest absolute Gasteiger partial charge is 0.508 e. The monoisotopic (exact) mass is 258 g/mol. The molecular weight excluding hydrogens is 251 g/mol. The molecule has 0 unspecified atom stereocenters. The van der Waals surface area contributed by atoms with E-state index in [1.165, 1.54) is 12.1 Å². The quantitative estimate of drug-likeness (QED) is 0.759. The number of hydrogen-bond donors (Lipinski definition) is 2. The molecular formula is C10H8BrFO2. The normalized spacial score (nSPS) is 14.3. The second-order valence-corrected chi connectivity index (χ2v) is 4.10. The van der Waals surface area contributed by atoms with Gasteiger partial charge in [0.05, 0.1) is 10.0 Å². The van der Waals surface area contributed by atoms with E-state index in [0.717, 1.165) is 18.4 Å². The van der Waals surface area contributed by atoms with Crippen molar-refractivity contribution < 1.29 is 14.6 Å². The number of rotatable bonds is 1. The Morgan fingerprint density at radius 3 is 2.57 bits per heavy atom. The third kappa shape index (κ3) is 1.62. The highest BCUT2D eigenvalue weighted by molar-refractivity contribution is 9.10. The van der Waals surface area contributed by atoms with E-state index >= 15 is 0 Å². The molecule has 74 valence electrons. The zero-order valence-corrected chi connectivity index (χ0v) is 8.81. The SMILES string of the molecule is OC(=C1CC1)c1cc(O)cc(Br)c1F. The topological polar surface area (TPSA) is 40.5 Å². The minimum Gasteiger partial charge on any atom is -0.508 e. The van der Waals surface area contributed by atoms with Gasteiger partial charge in [0.1, 0.15) is 17.3 Å². The second kappa shape index (κ2) is 3.28. The molecule has 2 N–H and O–H groups in total. The summed E-state index contributed by atoms with van der Waals surface area (Å²) in [7, 11) is 0. The standard InChI is InChI=1S/C10H8BrFO2/c11-8-4-6(13)3-7(9(8)12)10(14)5-1-2-5/h3-4,13-14H,1-2H2. The third-order valence-electron chi connectivity index (χ3n) is 2.10. The fraction of sp³-hybridized carbons (Fsp3) is 0.200. The maximum Gasteiger partial charge on any atom is 0.148 e. The van der Waals surface area contributed by atoms with Crippen LogP contribution in [0.1, 0.15) is 18.4 Å². The van der Waals surface area contributed by atoms with Gasteiger partial charge in [-0.1, -0.05) is 0 Å². The van der Waals surface area contributed by atoms with Crippen LogP contribution in [0.15, 0.2) is 22.2 Å². The van der Waals surface area contributed by atoms with Crippen LogP contribution < -0.4 is 0 Å². The summed E-state index contributed by atoms with van der Waals surface area (Å²) in [5.41, 5.74) is 0.894. The maximum atomic E-state index is 13.5. The number of aliphatic hydroxyl groups excluding tert-OH is 1. The molecule has 0 heterocycles. The lowest BCUT2D eigenvalue weighted by Gasteiger charge is -2.04. The Hall–Kier alpha value is -1.03. The highest BCUT2D eigenvalue weighted by Crippen LogP contribution is 2.37. The van der Waals surface area contributed by atoms with Gasteiger partial charge < -0.3 is 10.2 Å². The highest BCUT2D eigenvalue weighted by Gasteiger charge is 2.22. The molecule has 0 aliphatic heterocycles. The minimum absolute atomic E-state index is 0.0425. The van der Waals surface area contributed by atoms with E-state index in [1.807, 2.05) is 0 Å². The van der Waals surface area contributed by atoms with E-state index in [4.69, 9.17) is 0 Å². The Morgan fingerprint density at radius 2 is 2.00 bits per heavy atom. The van der Waals surface area contributed by atoms with Crippen LogP contribution in [-0.2, 0) is 0 Å². The molecule has 14 heavy (non-hydrogen) atoms. The van der Waals surface area contributed by atoms with Gasteiger partial charge in [0.25, 0.3) is 0 Å². The smallest absolute Gasteiger partial charge is 0.148 e. The Labute approximate surface area is 88.8 Å². The molecule has 1 aliphatic rings. The van der Waals surface area contributed by atoms with Gasteiger partial charge in [-0.05, 0) is 46.5 Å². The van der Waals surface area contributed by atoms with Crippen LogP contribution in [0.4, 0.5) is 4.39 Å². The summed E-state index contributed by atoms with van der Waals surface area (Å²) in [5, 5.41) is 18.8. The van der Waals surface area contributed by atoms with E-state index in [-0.39, 0.29) is 21.5 Å². The predicted octanol–water partition coefficient (Wildman–Crippen LogP) is 3.36. The average Bonchev–Trinajstić information content (AvgIpc) is 2.93. The summed E-state index contributed by atoms with van der Waals surface area (Å²) in [6.45, 7) is 0. The first-order valence-electron chi connectivity index (χ1n) is 4.19. The van der Waals surface area contributed by atoms with E-state index in [9.17, 15) is 14.6 Å². The van der Waals surface area contributed by atoms with Crippen molar-refractivity contribution in [2.45, 2.75) is 12.8 Å². The average molecular weight is 259 g/mol. The van der Waals surface area contributed by atoms with Crippen LogP contribution in [0, 0.1) is 5.82 Å². The molecule has 0 atom stereocenters. The molecule has 1 aromatic carbocycles. The number of phenolic OH excluding ortho intramolecular Hbond substituents is 1. The maximum absolute atomic E-state index is 13.5. The molecule has 1 aliphatic carbocycles. The molecule has 0 saturated heterocycles. The molecule has 1 saturated carbocycles. The molecule has 1 fully saturated rings. The van der Waals surface area contributed by atoms with Crippen molar-refractivity contribution in [2.75, 3.05) is 0 Å². The fourth-order valence-corrected chi connectivity index (χ4v) is 1.68. The van der Waals surface area contributed by atoms with Crippen LogP contribution in [0.5, 0.6) is 5.75 Å². The molecule has 2 rings (SSSR count). The first-order valence-corrected chi connectivity index (χ1v) is 4.98. The molecule has 0 bridgehead atoms. The van der Waals surface area contributed by atoms with Gasteiger partial charge in [0.2, 0.25) is 0 Å². The van der Waals surface area contributed by atoms with Gasteiger partial charge in [-0.3, -0.25) is 0 Å². The number of hydrogen-bond acceptors (Lipinski definition) is 2. The van der Waals surface area contributed by atoms with Crippen molar-refractivity contribution in [1.29, 1.82) is 0 Å². The van der Waals surface area contributed by atoms with Gasteiger partial charge in [-0.25, -0.2) is 4.39 Å². The van der Waals surface area contributed by atoms with Crippen molar-refractivity contribution in [3.05, 3.63) is 33.6 Å². The van der Waals surface area contributed by atoms with Gasteiger partial charge in [-0.15, -0.1) is 0 Å². The second-order valence-electron chi connectivity index (χ2n) is 3.24. The lowest BCUT2D eigenvalue weighted by molar-refractivity contribution is 0.466. The van der Waals surface area contributed by atoms with Crippen molar-refractivity contribution in [2.24, 2.45) is 0 Å². The fourth-order valence-electron chi connectivity index (χ4n) is 1.24. The zero-order chi connectivity index (χ0) is 10.3. The summed E-state index contributed by atoms with van der Waals surface area (Å²) < 4.78 is 13.6. The van der Waals surface area contributed by atoms with E-state index in [1.54, 1.807) is 0 Å². The Kier molecular flexibility index (Phi) is 2.23. The number of benzene rings is 1. The molecule has 2 nitrogen and oxygen atoms in total. The van der Waals surface area contributed by atoms with Crippen LogP contribution in [0.3, 0.4) is 0 Å². The number of aromatic hydroxyl groups is 1. The lowest BCUT2D eigenvalue weighted by Crippen LogP contribution is -1.90. The van der Waals surface area contributed by atoms with Gasteiger partial charge in [-0.2, -0.15) is 0 Å². The number of aliphatic hydroxyl groups is 1. The molecule has 4 heteroatoms. The highest BCUT2D eigenvalue weighted by atomic mass is 79.9. The van der Waals surface area contributed by atoms with Gasteiger partial charge >= 0.3 is 0 Å². The van der Waals surface area contributed by atoms with Crippen LogP contribution >= 0.6 is 15.9 Å². The first-order chi connectivity index (χ1) is 6.59. The van der Waals surface area contributed by atoms with E-state index < -0.39 is 5.82 Å². The molecule has 0 aromatic heterocycles. The Morgan fingerprint density at radius 1 is 1.36 bits per heavy atom. The van der Waals surface area contributed by atoms with Crippen molar-refractivity contribution in [1.82, 2.24) is 0 Å². The summed E-state index contributed by atoms with van der Waals surface area (Å²) in [6, 6.07) is 2.48. The van der Waals surface area contributed by atoms with Crippen molar-refractivity contribution >= 4 is 21.7 Å². The Balaban J connectivity index is 2.57. The van der Waals surface area contributed by atoms with Gasteiger partial charge in [0.15, 0.2) is 0 Å². The van der Waals surface area contributed by atoms with Crippen LogP contribution in [0.2, 0.25) is 0 Å². The molecule has 0 spiro atoms. The minimum atomic E-state index is -0.542. The first kappa shape index (κ1) is 9.52. The molecule has 1 aromatic rings. The summed E-state index contributed by atoms with van der Waals surface area (Å²) in [4.78, 5) is 0. The Bertz CT molecular complexity index is 420. The summed E-state index contributed by atoms with van der Waals surface area (Å²) >= 11 is 2.97. The van der Waals surface area contributed by atoms with Crippen LogP contribution in [0.25, 0.3) is 5.76 Å². The van der Waals surface area contributed by atoms with Gasteiger partial charge in [0, 0.05) is 0 Å². The zero-order valence-electron chi connectivity index (χ0n) is 7.22. The van der Waals surface area contributed by atoms with Crippen LogP contribution in [-0.4, -0.2) is 10.2 Å². The third-order valence-corrected chi connectivity index (χ3v) is 2.68. The van der Waals surface area contributed by atoms with Crippen molar-refractivity contribution in [3.63, 3.8) is 0 Å². The summed E-state index contributed by atoms with van der Waals surface area (Å²) in [6.07, 6.45) is 1.61. The summed E-state index contributed by atoms with van der Waals surface area (Å²) in [5.74, 6) is -0.653. The number of phenols is 1. The number of allylic oxidation sites excluding steroid dienone is 1. The lowest BCUT2D eigenvalue weighted by atomic mass is 10.1. The van der Waals surface area contributed by atoms with Crippen molar-refractivity contribution in [3.8, 4) is 5.75 Å².